The van der Waals surface area contributed by atoms with E-state index >= 15 is 0 Å². The molecule has 1 rings (SSSR count). The van der Waals surface area contributed by atoms with Crippen molar-refractivity contribution in [3.63, 3.8) is 0 Å². The summed E-state index contributed by atoms with van der Waals surface area (Å²) in [5.41, 5.74) is 6.58. The minimum Gasteiger partial charge on any atom is -0.389 e. The lowest BCUT2D eigenvalue weighted by Crippen LogP contribution is -2.24. The van der Waals surface area contributed by atoms with E-state index in [0.29, 0.717) is 16.3 Å². The van der Waals surface area contributed by atoms with Gasteiger partial charge < -0.3 is 10.6 Å². The van der Waals surface area contributed by atoms with E-state index in [0.717, 1.165) is 0 Å². The number of anilines is 1. The molecule has 0 heterocycles. The fraction of sp³-hybridized carbons (Fsp3) is 0.300. The molecule has 1 aromatic rings. The molecule has 0 aliphatic carbocycles. The Bertz CT molecular complexity index is 398. The number of benzene rings is 1. The van der Waals surface area contributed by atoms with Crippen molar-refractivity contribution in [2.75, 3.05) is 18.5 Å². The van der Waals surface area contributed by atoms with Crippen LogP contribution in [0, 0.1) is 0 Å². The van der Waals surface area contributed by atoms with Crippen LogP contribution >= 0.6 is 23.8 Å². The van der Waals surface area contributed by atoms with Gasteiger partial charge in [0, 0.05) is 12.6 Å². The normalized spacial score (nSPS) is 10.6. The van der Waals surface area contributed by atoms with E-state index in [-0.39, 0.29) is 11.5 Å². The molecule has 0 aliphatic rings. The van der Waals surface area contributed by atoms with Crippen molar-refractivity contribution in [2.45, 2.75) is 6.43 Å². The average molecular weight is 265 g/mol. The van der Waals surface area contributed by atoms with E-state index in [1.807, 2.05) is 0 Å². The third-order valence-corrected chi connectivity index (χ3v) is 2.59. The van der Waals surface area contributed by atoms with Crippen LogP contribution in [0.15, 0.2) is 18.2 Å². The van der Waals surface area contributed by atoms with Gasteiger partial charge in [-0.05, 0) is 18.2 Å². The van der Waals surface area contributed by atoms with Crippen LogP contribution in [0.4, 0.5) is 14.5 Å². The van der Waals surface area contributed by atoms with E-state index in [9.17, 15) is 8.78 Å². The lowest BCUT2D eigenvalue weighted by molar-refractivity contribution is 0.156. The van der Waals surface area contributed by atoms with Gasteiger partial charge in [-0.25, -0.2) is 8.78 Å². The summed E-state index contributed by atoms with van der Waals surface area (Å²) >= 11 is 10.7. The van der Waals surface area contributed by atoms with E-state index in [1.165, 1.54) is 4.90 Å². The highest BCUT2D eigenvalue weighted by atomic mass is 35.5. The van der Waals surface area contributed by atoms with Crippen LogP contribution in [-0.2, 0) is 0 Å². The molecule has 0 aliphatic heterocycles. The Balaban J connectivity index is 2.94. The largest absolute Gasteiger partial charge is 0.389 e. The zero-order chi connectivity index (χ0) is 12.3. The van der Waals surface area contributed by atoms with Crippen LogP contribution in [0.3, 0.4) is 0 Å². The maximum Gasteiger partial charge on any atom is 0.255 e. The molecule has 1 aromatic carbocycles. The van der Waals surface area contributed by atoms with Crippen molar-refractivity contribution >= 4 is 34.5 Å². The number of nitrogens with two attached hydrogens (primary N) is 1. The van der Waals surface area contributed by atoms with Crippen molar-refractivity contribution in [1.29, 1.82) is 0 Å². The Labute approximate surface area is 103 Å². The first-order valence-corrected chi connectivity index (χ1v) is 5.29. The number of halogens is 3. The molecule has 6 heteroatoms. The maximum absolute atomic E-state index is 12.2. The number of nitrogens with zero attached hydrogens (tertiary/aromatic N) is 1. The van der Waals surface area contributed by atoms with Gasteiger partial charge in [0.15, 0.2) is 0 Å². The Kier molecular flexibility index (Phi) is 4.44. The zero-order valence-electron chi connectivity index (χ0n) is 8.58. The van der Waals surface area contributed by atoms with Gasteiger partial charge in [-0.3, -0.25) is 0 Å². The lowest BCUT2D eigenvalue weighted by Gasteiger charge is -2.20. The summed E-state index contributed by atoms with van der Waals surface area (Å²) in [7, 11) is 1.55. The van der Waals surface area contributed by atoms with Crippen LogP contribution in [0.1, 0.15) is 5.56 Å². The Morgan fingerprint density at radius 1 is 1.56 bits per heavy atom. The SMILES string of the molecule is CN(CC(F)F)c1ccc(C(N)=S)cc1Cl. The molecule has 16 heavy (non-hydrogen) atoms. The van der Waals surface area contributed by atoms with E-state index in [2.05, 4.69) is 0 Å². The van der Waals surface area contributed by atoms with Gasteiger partial charge in [0.25, 0.3) is 6.43 Å². The summed E-state index contributed by atoms with van der Waals surface area (Å²) in [4.78, 5) is 1.61. The molecule has 0 radical (unpaired) electrons. The van der Waals surface area contributed by atoms with E-state index in [4.69, 9.17) is 29.6 Å². The highest BCUT2D eigenvalue weighted by molar-refractivity contribution is 7.80. The summed E-state index contributed by atoms with van der Waals surface area (Å²) in [6.45, 7) is -0.369. The van der Waals surface area contributed by atoms with Crippen LogP contribution in [-0.4, -0.2) is 25.0 Å². The standard InChI is InChI=1S/C10H11ClF2N2S/c1-15(5-9(12)13)8-3-2-6(10(14)16)4-7(8)11/h2-4,9H,5H2,1H3,(H2,14,16). The minimum absolute atomic E-state index is 0.227. The van der Waals surface area contributed by atoms with Gasteiger partial charge in [-0.15, -0.1) is 0 Å². The van der Waals surface area contributed by atoms with Crippen LogP contribution in [0.25, 0.3) is 0 Å². The maximum atomic E-state index is 12.2. The molecule has 0 amide bonds. The zero-order valence-corrected chi connectivity index (χ0v) is 10.2. The summed E-state index contributed by atoms with van der Waals surface area (Å²) in [6.07, 6.45) is -2.41. The third kappa shape index (κ3) is 3.28. The van der Waals surface area contributed by atoms with Crippen molar-refractivity contribution in [3.05, 3.63) is 28.8 Å². The number of rotatable bonds is 4. The van der Waals surface area contributed by atoms with Gasteiger partial charge >= 0.3 is 0 Å². The molecular weight excluding hydrogens is 254 g/mol. The fourth-order valence-corrected chi connectivity index (χ4v) is 1.73. The Hall–Kier alpha value is -0.940. The highest BCUT2D eigenvalue weighted by Crippen LogP contribution is 2.26. The van der Waals surface area contributed by atoms with Crippen LogP contribution in [0.2, 0.25) is 5.02 Å². The third-order valence-electron chi connectivity index (χ3n) is 2.06. The number of hydrogen-bond donors (Lipinski definition) is 1. The smallest absolute Gasteiger partial charge is 0.255 e. The molecule has 0 spiro atoms. The van der Waals surface area contributed by atoms with Gasteiger partial charge in [0.1, 0.15) is 4.99 Å². The summed E-state index contributed by atoms with van der Waals surface area (Å²) in [5.74, 6) is 0. The lowest BCUT2D eigenvalue weighted by atomic mass is 10.2. The first kappa shape index (κ1) is 13.1. The molecule has 2 nitrogen and oxygen atoms in total. The molecule has 0 unspecified atom stereocenters. The number of alkyl halides is 2. The van der Waals surface area contributed by atoms with Crippen molar-refractivity contribution in [1.82, 2.24) is 0 Å². The first-order valence-electron chi connectivity index (χ1n) is 4.50. The minimum atomic E-state index is -2.41. The predicted octanol–water partition coefficient (Wildman–Crippen LogP) is 2.68. The quantitative estimate of drug-likeness (QED) is 0.848. The molecule has 0 bridgehead atoms. The predicted molar refractivity (Wildman–Crippen MR) is 66.6 cm³/mol. The Morgan fingerprint density at radius 2 is 2.19 bits per heavy atom. The molecule has 0 saturated heterocycles. The monoisotopic (exact) mass is 264 g/mol. The second-order valence-corrected chi connectivity index (χ2v) is 4.15. The Morgan fingerprint density at radius 3 is 2.62 bits per heavy atom. The highest BCUT2D eigenvalue weighted by Gasteiger charge is 2.12. The van der Waals surface area contributed by atoms with Gasteiger partial charge in [0.2, 0.25) is 0 Å². The number of thiocarbonyl (C=S) groups is 1. The molecule has 2 N–H and O–H groups in total. The van der Waals surface area contributed by atoms with Gasteiger partial charge in [-0.2, -0.15) is 0 Å². The second kappa shape index (κ2) is 5.41. The molecule has 88 valence electrons. The van der Waals surface area contributed by atoms with E-state index < -0.39 is 6.43 Å². The topological polar surface area (TPSA) is 29.3 Å². The summed E-state index contributed by atoms with van der Waals surface area (Å²) in [6, 6.07) is 4.85. The average Bonchev–Trinajstić information content (AvgIpc) is 2.15. The van der Waals surface area contributed by atoms with Crippen molar-refractivity contribution in [2.24, 2.45) is 5.73 Å². The van der Waals surface area contributed by atoms with Crippen LogP contribution in [0.5, 0.6) is 0 Å². The first-order chi connectivity index (χ1) is 7.41. The number of hydrogen-bond acceptors (Lipinski definition) is 2. The molecule has 0 atom stereocenters. The summed E-state index contributed by atoms with van der Waals surface area (Å²) in [5, 5.41) is 0.355. The second-order valence-electron chi connectivity index (χ2n) is 3.30. The van der Waals surface area contributed by atoms with Gasteiger partial charge in [0.05, 0.1) is 17.3 Å². The molecule has 0 aromatic heterocycles. The molecule has 0 fully saturated rings. The van der Waals surface area contributed by atoms with Crippen molar-refractivity contribution < 1.29 is 8.78 Å². The fourth-order valence-electron chi connectivity index (χ4n) is 1.28. The van der Waals surface area contributed by atoms with E-state index in [1.54, 1.807) is 25.2 Å². The van der Waals surface area contributed by atoms with Gasteiger partial charge in [-0.1, -0.05) is 23.8 Å². The summed E-state index contributed by atoms with van der Waals surface area (Å²) < 4.78 is 24.4. The molecular formula is C10H11ClF2N2S. The molecule has 0 saturated carbocycles. The van der Waals surface area contributed by atoms with Crippen LogP contribution < -0.4 is 10.6 Å². The van der Waals surface area contributed by atoms with Crippen molar-refractivity contribution in [3.8, 4) is 0 Å².